The van der Waals surface area contributed by atoms with Crippen molar-refractivity contribution in [1.82, 2.24) is 5.32 Å². The molecule has 17 heavy (non-hydrogen) atoms. The van der Waals surface area contributed by atoms with E-state index in [0.717, 1.165) is 24.2 Å². The quantitative estimate of drug-likeness (QED) is 0.840. The van der Waals surface area contributed by atoms with Crippen LogP contribution in [0.15, 0.2) is 24.3 Å². The monoisotopic (exact) mass is 235 g/mol. The first-order valence-corrected chi connectivity index (χ1v) is 5.65. The predicted molar refractivity (Wildman–Crippen MR) is 63.9 cm³/mol. The van der Waals surface area contributed by atoms with Crippen LogP contribution >= 0.6 is 0 Å². The number of benzene rings is 1. The SMILES string of the molecule is COCC(=O)NC1(c2ccccc2OC)CC1. The van der Waals surface area contributed by atoms with Crippen LogP contribution in [0.3, 0.4) is 0 Å². The van der Waals surface area contributed by atoms with Gasteiger partial charge in [0.1, 0.15) is 12.4 Å². The fourth-order valence-corrected chi connectivity index (χ4v) is 2.06. The van der Waals surface area contributed by atoms with Gasteiger partial charge in [0.2, 0.25) is 5.91 Å². The van der Waals surface area contributed by atoms with E-state index >= 15 is 0 Å². The van der Waals surface area contributed by atoms with Gasteiger partial charge in [0.25, 0.3) is 0 Å². The lowest BCUT2D eigenvalue weighted by Crippen LogP contribution is -2.37. The summed E-state index contributed by atoms with van der Waals surface area (Å²) in [6, 6.07) is 7.80. The fraction of sp³-hybridized carbons (Fsp3) is 0.462. The number of carbonyl (C=O) groups excluding carboxylic acids is 1. The molecule has 1 saturated carbocycles. The van der Waals surface area contributed by atoms with E-state index in [1.807, 2.05) is 24.3 Å². The standard InChI is InChI=1S/C13H17NO3/c1-16-9-12(15)14-13(7-8-13)10-5-3-4-6-11(10)17-2/h3-6H,7-9H2,1-2H3,(H,14,15). The lowest BCUT2D eigenvalue weighted by Gasteiger charge is -2.20. The summed E-state index contributed by atoms with van der Waals surface area (Å²) in [4.78, 5) is 11.6. The summed E-state index contributed by atoms with van der Waals surface area (Å²) in [7, 11) is 3.16. The molecule has 1 amide bonds. The van der Waals surface area contributed by atoms with E-state index in [1.54, 1.807) is 7.11 Å². The van der Waals surface area contributed by atoms with Gasteiger partial charge in [-0.3, -0.25) is 4.79 Å². The molecule has 2 rings (SSSR count). The van der Waals surface area contributed by atoms with Crippen molar-refractivity contribution in [3.63, 3.8) is 0 Å². The van der Waals surface area contributed by atoms with E-state index in [9.17, 15) is 4.79 Å². The van der Waals surface area contributed by atoms with E-state index in [2.05, 4.69) is 5.32 Å². The van der Waals surface area contributed by atoms with Gasteiger partial charge in [0.05, 0.1) is 12.6 Å². The summed E-state index contributed by atoms with van der Waals surface area (Å²) in [5, 5.41) is 3.02. The Hall–Kier alpha value is -1.55. The topological polar surface area (TPSA) is 47.6 Å². The maximum atomic E-state index is 11.6. The Morgan fingerprint density at radius 2 is 2.06 bits per heavy atom. The molecule has 0 radical (unpaired) electrons. The Labute approximate surface area is 101 Å². The van der Waals surface area contributed by atoms with Gasteiger partial charge in [-0.15, -0.1) is 0 Å². The summed E-state index contributed by atoms with van der Waals surface area (Å²) >= 11 is 0. The van der Waals surface area contributed by atoms with Crippen LogP contribution in [0, 0.1) is 0 Å². The first-order valence-electron chi connectivity index (χ1n) is 5.65. The molecule has 1 aromatic carbocycles. The number of rotatable bonds is 5. The zero-order chi connectivity index (χ0) is 12.3. The number of carbonyl (C=O) groups is 1. The summed E-state index contributed by atoms with van der Waals surface area (Å²) in [6.07, 6.45) is 1.89. The van der Waals surface area contributed by atoms with Gasteiger partial charge in [-0.05, 0) is 18.9 Å². The molecule has 4 heteroatoms. The second kappa shape index (κ2) is 4.75. The zero-order valence-electron chi connectivity index (χ0n) is 10.2. The number of amides is 1. The zero-order valence-corrected chi connectivity index (χ0v) is 10.2. The van der Waals surface area contributed by atoms with Crippen LogP contribution in [0.2, 0.25) is 0 Å². The molecule has 4 nitrogen and oxygen atoms in total. The Balaban J connectivity index is 2.18. The molecule has 0 heterocycles. The van der Waals surface area contributed by atoms with E-state index < -0.39 is 0 Å². The number of methoxy groups -OCH3 is 2. The van der Waals surface area contributed by atoms with Crippen LogP contribution in [-0.4, -0.2) is 26.7 Å². The van der Waals surface area contributed by atoms with Crippen molar-refractivity contribution in [1.29, 1.82) is 0 Å². The van der Waals surface area contributed by atoms with E-state index in [4.69, 9.17) is 9.47 Å². The molecule has 92 valence electrons. The van der Waals surface area contributed by atoms with Crippen molar-refractivity contribution in [2.45, 2.75) is 18.4 Å². The van der Waals surface area contributed by atoms with Crippen molar-refractivity contribution in [3.8, 4) is 5.75 Å². The Bertz CT molecular complexity index is 413. The molecule has 0 aliphatic heterocycles. The van der Waals surface area contributed by atoms with Crippen LogP contribution in [0.5, 0.6) is 5.75 Å². The number of hydrogen-bond donors (Lipinski definition) is 1. The maximum Gasteiger partial charge on any atom is 0.246 e. The molecule has 0 spiro atoms. The third kappa shape index (κ3) is 2.42. The highest BCUT2D eigenvalue weighted by Gasteiger charge is 2.47. The van der Waals surface area contributed by atoms with Gasteiger partial charge in [-0.2, -0.15) is 0 Å². The molecule has 1 N–H and O–H groups in total. The Morgan fingerprint density at radius 1 is 1.35 bits per heavy atom. The molecule has 1 aromatic rings. The lowest BCUT2D eigenvalue weighted by atomic mass is 10.0. The van der Waals surface area contributed by atoms with Crippen molar-refractivity contribution < 1.29 is 14.3 Å². The summed E-state index contributed by atoms with van der Waals surface area (Å²) < 4.78 is 10.2. The third-order valence-corrected chi connectivity index (χ3v) is 3.03. The minimum Gasteiger partial charge on any atom is -0.496 e. The van der Waals surface area contributed by atoms with Gasteiger partial charge >= 0.3 is 0 Å². The van der Waals surface area contributed by atoms with Crippen LogP contribution in [0.4, 0.5) is 0 Å². The molecule has 1 aliphatic rings. The highest BCUT2D eigenvalue weighted by molar-refractivity contribution is 5.79. The average Bonchev–Trinajstić information content (AvgIpc) is 3.10. The number of hydrogen-bond acceptors (Lipinski definition) is 3. The summed E-state index contributed by atoms with van der Waals surface area (Å²) in [5.41, 5.74) is 0.800. The Kier molecular flexibility index (Phi) is 3.33. The largest absolute Gasteiger partial charge is 0.496 e. The van der Waals surface area contributed by atoms with Crippen molar-refractivity contribution in [3.05, 3.63) is 29.8 Å². The van der Waals surface area contributed by atoms with Gasteiger partial charge in [0.15, 0.2) is 0 Å². The fourth-order valence-electron chi connectivity index (χ4n) is 2.06. The van der Waals surface area contributed by atoms with Crippen LogP contribution in [-0.2, 0) is 15.1 Å². The highest BCUT2D eigenvalue weighted by Crippen LogP contribution is 2.48. The number of para-hydroxylation sites is 1. The smallest absolute Gasteiger partial charge is 0.246 e. The summed E-state index contributed by atoms with van der Waals surface area (Å²) in [6.45, 7) is 0.0941. The van der Waals surface area contributed by atoms with E-state index in [-0.39, 0.29) is 18.1 Å². The minimum atomic E-state index is -0.248. The summed E-state index contributed by atoms with van der Waals surface area (Å²) in [5.74, 6) is 0.735. The maximum absolute atomic E-state index is 11.6. The molecular formula is C13H17NO3. The molecular weight excluding hydrogens is 218 g/mol. The van der Waals surface area contributed by atoms with E-state index in [0.29, 0.717) is 0 Å². The Morgan fingerprint density at radius 3 is 2.65 bits per heavy atom. The molecule has 1 fully saturated rings. The van der Waals surface area contributed by atoms with Crippen LogP contribution in [0.25, 0.3) is 0 Å². The van der Waals surface area contributed by atoms with Gasteiger partial charge in [-0.1, -0.05) is 18.2 Å². The molecule has 0 aromatic heterocycles. The molecule has 0 atom stereocenters. The van der Waals surface area contributed by atoms with Crippen molar-refractivity contribution in [2.75, 3.05) is 20.8 Å². The molecule has 1 aliphatic carbocycles. The first-order chi connectivity index (χ1) is 8.22. The van der Waals surface area contributed by atoms with Crippen molar-refractivity contribution >= 4 is 5.91 Å². The van der Waals surface area contributed by atoms with Gasteiger partial charge < -0.3 is 14.8 Å². The second-order valence-electron chi connectivity index (χ2n) is 4.26. The first kappa shape index (κ1) is 11.9. The molecule has 0 bridgehead atoms. The minimum absolute atomic E-state index is 0.0871. The number of nitrogens with one attached hydrogen (secondary N) is 1. The van der Waals surface area contributed by atoms with Crippen molar-refractivity contribution in [2.24, 2.45) is 0 Å². The van der Waals surface area contributed by atoms with Gasteiger partial charge in [-0.25, -0.2) is 0 Å². The molecule has 0 unspecified atom stereocenters. The third-order valence-electron chi connectivity index (χ3n) is 3.03. The van der Waals surface area contributed by atoms with Gasteiger partial charge in [0, 0.05) is 12.7 Å². The second-order valence-corrected chi connectivity index (χ2v) is 4.26. The number of ether oxygens (including phenoxy) is 2. The molecule has 0 saturated heterocycles. The van der Waals surface area contributed by atoms with E-state index in [1.165, 1.54) is 7.11 Å². The van der Waals surface area contributed by atoms with Crippen LogP contribution < -0.4 is 10.1 Å². The van der Waals surface area contributed by atoms with Crippen LogP contribution in [0.1, 0.15) is 18.4 Å². The normalized spacial score (nSPS) is 16.4. The average molecular weight is 235 g/mol. The lowest BCUT2D eigenvalue weighted by molar-refractivity contribution is -0.125. The highest BCUT2D eigenvalue weighted by atomic mass is 16.5. The predicted octanol–water partition coefficient (Wildman–Crippen LogP) is 1.45.